The van der Waals surface area contributed by atoms with E-state index >= 15 is 0 Å². The molecular formula is C15H17NO2S. The van der Waals surface area contributed by atoms with Gasteiger partial charge >= 0.3 is 0 Å². The maximum absolute atomic E-state index is 12.1. The molecule has 2 aromatic rings. The summed E-state index contributed by atoms with van der Waals surface area (Å²) in [4.78, 5) is 0.296. The molecule has 0 bridgehead atoms. The van der Waals surface area contributed by atoms with Crippen molar-refractivity contribution in [1.82, 2.24) is 4.72 Å². The minimum absolute atomic E-state index is 0.296. The Kier molecular flexibility index (Phi) is 4.02. The molecule has 0 unspecified atom stereocenters. The standard InChI is InChI=1S/C15H17NO2S/c1-12-3-7-14(8-4-12)11-16-19(17,18)15-9-5-13(2)6-10-15/h3-10,16H,11H2,1-2H3. The molecule has 0 aliphatic carbocycles. The number of nitrogens with one attached hydrogen (secondary N) is 1. The maximum atomic E-state index is 12.1. The smallest absolute Gasteiger partial charge is 0.207 e. The monoisotopic (exact) mass is 275 g/mol. The van der Waals surface area contributed by atoms with E-state index in [9.17, 15) is 8.42 Å². The van der Waals surface area contributed by atoms with Crippen molar-refractivity contribution < 1.29 is 8.42 Å². The van der Waals surface area contributed by atoms with Crippen LogP contribution in [0.3, 0.4) is 0 Å². The van der Waals surface area contributed by atoms with E-state index in [0.29, 0.717) is 11.4 Å². The number of hydrogen-bond donors (Lipinski definition) is 1. The van der Waals surface area contributed by atoms with E-state index < -0.39 is 10.0 Å². The van der Waals surface area contributed by atoms with E-state index in [4.69, 9.17) is 0 Å². The fraction of sp³-hybridized carbons (Fsp3) is 0.200. The summed E-state index contributed by atoms with van der Waals surface area (Å²) in [5.41, 5.74) is 3.14. The van der Waals surface area contributed by atoms with E-state index in [2.05, 4.69) is 4.72 Å². The summed E-state index contributed by atoms with van der Waals surface area (Å²) in [5, 5.41) is 0. The maximum Gasteiger partial charge on any atom is 0.240 e. The zero-order chi connectivity index (χ0) is 13.9. The largest absolute Gasteiger partial charge is 0.240 e. The fourth-order valence-electron chi connectivity index (χ4n) is 1.69. The Morgan fingerprint density at radius 1 is 0.842 bits per heavy atom. The number of aryl methyl sites for hydroxylation is 2. The lowest BCUT2D eigenvalue weighted by Crippen LogP contribution is -2.23. The predicted molar refractivity (Wildman–Crippen MR) is 76.4 cm³/mol. The first-order valence-corrected chi connectivity index (χ1v) is 7.57. The molecule has 0 radical (unpaired) electrons. The molecule has 19 heavy (non-hydrogen) atoms. The molecule has 3 nitrogen and oxygen atoms in total. The molecule has 1 N–H and O–H groups in total. The van der Waals surface area contributed by atoms with Gasteiger partial charge in [-0.1, -0.05) is 47.5 Å². The fourth-order valence-corrected chi connectivity index (χ4v) is 2.70. The molecule has 0 spiro atoms. The van der Waals surface area contributed by atoms with E-state index in [1.54, 1.807) is 24.3 Å². The highest BCUT2D eigenvalue weighted by atomic mass is 32.2. The number of rotatable bonds is 4. The molecule has 0 amide bonds. The second-order valence-corrected chi connectivity index (χ2v) is 6.39. The van der Waals surface area contributed by atoms with Crippen LogP contribution in [0.4, 0.5) is 0 Å². The number of benzene rings is 2. The first-order chi connectivity index (χ1) is 8.97. The lowest BCUT2D eigenvalue weighted by atomic mass is 10.2. The lowest BCUT2D eigenvalue weighted by molar-refractivity contribution is 0.581. The van der Waals surface area contributed by atoms with Gasteiger partial charge in [-0.3, -0.25) is 0 Å². The third kappa shape index (κ3) is 3.66. The quantitative estimate of drug-likeness (QED) is 0.932. The van der Waals surface area contributed by atoms with Gasteiger partial charge < -0.3 is 0 Å². The molecule has 0 fully saturated rings. The Morgan fingerprint density at radius 3 is 1.84 bits per heavy atom. The van der Waals surface area contributed by atoms with Gasteiger partial charge in [-0.2, -0.15) is 0 Å². The van der Waals surface area contributed by atoms with Crippen LogP contribution in [0.5, 0.6) is 0 Å². The molecular weight excluding hydrogens is 258 g/mol. The molecule has 0 aliphatic rings. The van der Waals surface area contributed by atoms with Gasteiger partial charge in [0.1, 0.15) is 0 Å². The Morgan fingerprint density at radius 2 is 1.32 bits per heavy atom. The Balaban J connectivity index is 2.09. The van der Waals surface area contributed by atoms with Crippen LogP contribution in [0.25, 0.3) is 0 Å². The first-order valence-electron chi connectivity index (χ1n) is 6.09. The number of sulfonamides is 1. The van der Waals surface area contributed by atoms with Gasteiger partial charge in [0, 0.05) is 6.54 Å². The van der Waals surface area contributed by atoms with Crippen molar-refractivity contribution >= 4 is 10.0 Å². The Bertz CT molecular complexity index is 644. The summed E-state index contributed by atoms with van der Waals surface area (Å²) in [6.07, 6.45) is 0. The predicted octanol–water partition coefficient (Wildman–Crippen LogP) is 2.78. The van der Waals surface area contributed by atoms with Gasteiger partial charge in [0.15, 0.2) is 0 Å². The van der Waals surface area contributed by atoms with E-state index in [1.807, 2.05) is 38.1 Å². The van der Waals surface area contributed by atoms with Crippen LogP contribution in [0.2, 0.25) is 0 Å². The van der Waals surface area contributed by atoms with Crippen LogP contribution in [0.15, 0.2) is 53.4 Å². The average Bonchev–Trinajstić information content (AvgIpc) is 2.39. The minimum Gasteiger partial charge on any atom is -0.207 e. The van der Waals surface area contributed by atoms with Gasteiger partial charge in [-0.15, -0.1) is 0 Å². The van der Waals surface area contributed by atoms with Gasteiger partial charge in [0.2, 0.25) is 10.0 Å². The topological polar surface area (TPSA) is 46.2 Å². The van der Waals surface area contributed by atoms with Crippen LogP contribution < -0.4 is 4.72 Å². The summed E-state index contributed by atoms with van der Waals surface area (Å²) < 4.78 is 26.7. The van der Waals surface area contributed by atoms with E-state index in [1.165, 1.54) is 0 Å². The molecule has 4 heteroatoms. The Labute approximate surface area is 114 Å². The van der Waals surface area contributed by atoms with Crippen molar-refractivity contribution in [2.24, 2.45) is 0 Å². The molecule has 0 aromatic heterocycles. The summed E-state index contributed by atoms with van der Waals surface area (Å²) in [6.45, 7) is 4.23. The van der Waals surface area contributed by atoms with Gasteiger partial charge in [-0.25, -0.2) is 13.1 Å². The first kappa shape index (κ1) is 13.8. The van der Waals surface area contributed by atoms with Crippen molar-refractivity contribution in [3.8, 4) is 0 Å². The van der Waals surface area contributed by atoms with E-state index in [-0.39, 0.29) is 0 Å². The SMILES string of the molecule is Cc1ccc(CNS(=O)(=O)c2ccc(C)cc2)cc1. The highest BCUT2D eigenvalue weighted by Gasteiger charge is 2.12. The number of hydrogen-bond acceptors (Lipinski definition) is 2. The third-order valence-corrected chi connectivity index (χ3v) is 4.34. The zero-order valence-corrected chi connectivity index (χ0v) is 11.9. The molecule has 100 valence electrons. The van der Waals surface area contributed by atoms with Gasteiger partial charge in [-0.05, 0) is 31.5 Å². The molecule has 0 saturated carbocycles. The highest BCUT2D eigenvalue weighted by molar-refractivity contribution is 7.89. The van der Waals surface area contributed by atoms with Crippen molar-refractivity contribution in [3.05, 3.63) is 65.2 Å². The second-order valence-electron chi connectivity index (χ2n) is 4.62. The van der Waals surface area contributed by atoms with Crippen LogP contribution in [-0.2, 0) is 16.6 Å². The molecule has 0 aliphatic heterocycles. The van der Waals surface area contributed by atoms with Crippen LogP contribution in [0, 0.1) is 13.8 Å². The van der Waals surface area contributed by atoms with Crippen molar-refractivity contribution in [1.29, 1.82) is 0 Å². The van der Waals surface area contributed by atoms with Crippen LogP contribution >= 0.6 is 0 Å². The van der Waals surface area contributed by atoms with Crippen molar-refractivity contribution in [2.75, 3.05) is 0 Å². The average molecular weight is 275 g/mol. The summed E-state index contributed by atoms with van der Waals surface area (Å²) >= 11 is 0. The minimum atomic E-state index is -3.44. The second kappa shape index (κ2) is 5.55. The van der Waals surface area contributed by atoms with Crippen molar-refractivity contribution in [2.45, 2.75) is 25.3 Å². The zero-order valence-electron chi connectivity index (χ0n) is 11.1. The summed E-state index contributed by atoms with van der Waals surface area (Å²) in [5.74, 6) is 0. The highest BCUT2D eigenvalue weighted by Crippen LogP contribution is 2.11. The molecule has 2 aromatic carbocycles. The van der Waals surface area contributed by atoms with E-state index in [0.717, 1.165) is 16.7 Å². The van der Waals surface area contributed by atoms with Gasteiger partial charge in [0.05, 0.1) is 4.90 Å². The van der Waals surface area contributed by atoms with Crippen LogP contribution in [0.1, 0.15) is 16.7 Å². The van der Waals surface area contributed by atoms with Gasteiger partial charge in [0.25, 0.3) is 0 Å². The molecule has 2 rings (SSSR count). The summed E-state index contributed by atoms with van der Waals surface area (Å²) in [6, 6.07) is 14.6. The Hall–Kier alpha value is -1.65. The third-order valence-electron chi connectivity index (χ3n) is 2.92. The molecule has 0 heterocycles. The molecule has 0 saturated heterocycles. The van der Waals surface area contributed by atoms with Crippen molar-refractivity contribution in [3.63, 3.8) is 0 Å². The lowest BCUT2D eigenvalue weighted by Gasteiger charge is -2.07. The summed E-state index contributed by atoms with van der Waals surface area (Å²) in [7, 11) is -3.44. The normalized spacial score (nSPS) is 11.5. The van der Waals surface area contributed by atoms with Crippen LogP contribution in [-0.4, -0.2) is 8.42 Å². The molecule has 0 atom stereocenters.